The molecule has 0 aromatic heterocycles. The number of carbonyl (C=O) groups excluding carboxylic acids is 2. The highest BCUT2D eigenvalue weighted by Crippen LogP contribution is 2.19. The van der Waals surface area contributed by atoms with Gasteiger partial charge in [-0.3, -0.25) is 4.79 Å². The summed E-state index contributed by atoms with van der Waals surface area (Å²) in [5, 5.41) is 5.81. The fourth-order valence-electron chi connectivity index (χ4n) is 2.21. The van der Waals surface area contributed by atoms with Crippen molar-refractivity contribution in [3.63, 3.8) is 0 Å². The maximum absolute atomic E-state index is 12.0. The van der Waals surface area contributed by atoms with Crippen molar-refractivity contribution in [2.24, 2.45) is 0 Å². The Balaban J connectivity index is 1.97. The Morgan fingerprint density at radius 3 is 2.38 bits per heavy atom. The molecule has 2 N–H and O–H groups in total. The minimum absolute atomic E-state index is 0.0808. The molecule has 0 atom stereocenters. The highest BCUT2D eigenvalue weighted by atomic mass is 16.5. The average molecular weight is 328 g/mol. The van der Waals surface area contributed by atoms with Crippen LogP contribution in [0.2, 0.25) is 0 Å². The van der Waals surface area contributed by atoms with Crippen LogP contribution in [-0.4, -0.2) is 32.6 Å². The van der Waals surface area contributed by atoms with Gasteiger partial charge in [0, 0.05) is 11.4 Å². The zero-order valence-corrected chi connectivity index (χ0v) is 13.9. The van der Waals surface area contributed by atoms with Gasteiger partial charge in [-0.25, -0.2) is 4.79 Å². The summed E-state index contributed by atoms with van der Waals surface area (Å²) in [5.74, 6) is 0.128. The third kappa shape index (κ3) is 4.25. The van der Waals surface area contributed by atoms with Gasteiger partial charge in [0.1, 0.15) is 5.75 Å². The van der Waals surface area contributed by atoms with Crippen LogP contribution in [0, 0.1) is 6.92 Å². The molecule has 2 aromatic rings. The Morgan fingerprint density at radius 2 is 1.75 bits per heavy atom. The van der Waals surface area contributed by atoms with Crippen LogP contribution in [0.5, 0.6) is 5.75 Å². The SMILES string of the molecule is COC(=O)c1cccc(NCC(=O)Nc2ccc(OC)cc2)c1C. The van der Waals surface area contributed by atoms with Gasteiger partial charge < -0.3 is 20.1 Å². The number of nitrogens with one attached hydrogen (secondary N) is 2. The Hall–Kier alpha value is -3.02. The second kappa shape index (κ2) is 8.01. The van der Waals surface area contributed by atoms with E-state index in [9.17, 15) is 9.59 Å². The summed E-state index contributed by atoms with van der Waals surface area (Å²) in [6, 6.07) is 12.3. The van der Waals surface area contributed by atoms with Crippen LogP contribution in [0.3, 0.4) is 0 Å². The van der Waals surface area contributed by atoms with Gasteiger partial charge in [-0.15, -0.1) is 0 Å². The van der Waals surface area contributed by atoms with Crippen molar-refractivity contribution in [3.05, 3.63) is 53.6 Å². The molecule has 0 saturated carbocycles. The Morgan fingerprint density at radius 1 is 1.04 bits per heavy atom. The number of carbonyl (C=O) groups is 2. The van der Waals surface area contributed by atoms with Crippen molar-refractivity contribution >= 4 is 23.3 Å². The lowest BCUT2D eigenvalue weighted by Crippen LogP contribution is -2.22. The third-order valence-corrected chi connectivity index (χ3v) is 3.55. The van der Waals surface area contributed by atoms with Gasteiger partial charge in [-0.05, 0) is 48.9 Å². The van der Waals surface area contributed by atoms with Gasteiger partial charge in [0.15, 0.2) is 0 Å². The van der Waals surface area contributed by atoms with Crippen molar-refractivity contribution in [3.8, 4) is 5.75 Å². The second-order valence-electron chi connectivity index (χ2n) is 5.10. The van der Waals surface area contributed by atoms with Crippen LogP contribution in [0.1, 0.15) is 15.9 Å². The highest BCUT2D eigenvalue weighted by Gasteiger charge is 2.12. The number of amides is 1. The Labute approximate surface area is 140 Å². The number of benzene rings is 2. The summed E-state index contributed by atoms with van der Waals surface area (Å²) in [4.78, 5) is 23.7. The largest absolute Gasteiger partial charge is 0.497 e. The van der Waals surface area contributed by atoms with E-state index < -0.39 is 5.97 Å². The van der Waals surface area contributed by atoms with E-state index in [0.717, 1.165) is 11.3 Å². The van der Waals surface area contributed by atoms with Crippen LogP contribution in [0.15, 0.2) is 42.5 Å². The molecule has 0 aliphatic carbocycles. The minimum atomic E-state index is -0.404. The van der Waals surface area contributed by atoms with Crippen molar-refractivity contribution < 1.29 is 19.1 Å². The molecule has 0 saturated heterocycles. The zero-order chi connectivity index (χ0) is 17.5. The number of ether oxygens (including phenoxy) is 2. The van der Waals surface area contributed by atoms with Gasteiger partial charge in [-0.1, -0.05) is 6.07 Å². The van der Waals surface area contributed by atoms with Crippen molar-refractivity contribution in [2.45, 2.75) is 6.92 Å². The molecule has 126 valence electrons. The van der Waals surface area contributed by atoms with E-state index in [-0.39, 0.29) is 12.5 Å². The van der Waals surface area contributed by atoms with Crippen LogP contribution in [-0.2, 0) is 9.53 Å². The van der Waals surface area contributed by atoms with Crippen LogP contribution in [0.4, 0.5) is 11.4 Å². The number of hydrogen-bond acceptors (Lipinski definition) is 5. The predicted molar refractivity (Wildman–Crippen MR) is 92.6 cm³/mol. The molecule has 0 aliphatic heterocycles. The number of anilines is 2. The topological polar surface area (TPSA) is 76.7 Å². The molecule has 0 radical (unpaired) electrons. The first-order chi connectivity index (χ1) is 11.5. The molecular weight excluding hydrogens is 308 g/mol. The van der Waals surface area contributed by atoms with Gasteiger partial charge >= 0.3 is 5.97 Å². The molecule has 0 unspecified atom stereocenters. The average Bonchev–Trinajstić information content (AvgIpc) is 2.61. The summed E-state index contributed by atoms with van der Waals surface area (Å²) >= 11 is 0. The molecule has 0 bridgehead atoms. The quantitative estimate of drug-likeness (QED) is 0.798. The standard InChI is InChI=1S/C18H20N2O4/c1-12-15(18(22)24-3)5-4-6-16(12)19-11-17(21)20-13-7-9-14(23-2)10-8-13/h4-10,19H,11H2,1-3H3,(H,20,21). The molecule has 24 heavy (non-hydrogen) atoms. The van der Waals surface area contributed by atoms with Gasteiger partial charge in [0.05, 0.1) is 26.3 Å². The van der Waals surface area contributed by atoms with Crippen molar-refractivity contribution in [1.29, 1.82) is 0 Å². The summed E-state index contributed by atoms with van der Waals surface area (Å²) < 4.78 is 9.81. The van der Waals surface area contributed by atoms with E-state index in [1.54, 1.807) is 50.4 Å². The van der Waals surface area contributed by atoms with Gasteiger partial charge in [0.25, 0.3) is 0 Å². The van der Waals surface area contributed by atoms with E-state index in [1.807, 2.05) is 6.07 Å². The first-order valence-electron chi connectivity index (χ1n) is 7.41. The summed E-state index contributed by atoms with van der Waals surface area (Å²) in [5.41, 5.74) is 2.60. The lowest BCUT2D eigenvalue weighted by atomic mass is 10.1. The first kappa shape index (κ1) is 17.3. The second-order valence-corrected chi connectivity index (χ2v) is 5.10. The summed E-state index contributed by atoms with van der Waals surface area (Å²) in [6.07, 6.45) is 0. The molecule has 0 aliphatic rings. The Bertz CT molecular complexity index is 726. The molecule has 0 heterocycles. The fraction of sp³-hybridized carbons (Fsp3) is 0.222. The zero-order valence-electron chi connectivity index (χ0n) is 13.9. The number of hydrogen-bond donors (Lipinski definition) is 2. The van der Waals surface area contributed by atoms with E-state index in [4.69, 9.17) is 9.47 Å². The minimum Gasteiger partial charge on any atom is -0.497 e. The lowest BCUT2D eigenvalue weighted by Gasteiger charge is -2.12. The van der Waals surface area contributed by atoms with Gasteiger partial charge in [0.2, 0.25) is 5.91 Å². The first-order valence-corrected chi connectivity index (χ1v) is 7.41. The highest BCUT2D eigenvalue weighted by molar-refractivity contribution is 5.95. The van der Waals surface area contributed by atoms with Crippen LogP contribution >= 0.6 is 0 Å². The molecule has 2 aromatic carbocycles. The molecule has 6 heteroatoms. The number of esters is 1. The Kier molecular flexibility index (Phi) is 5.78. The molecular formula is C18H20N2O4. The van der Waals surface area contributed by atoms with E-state index >= 15 is 0 Å². The smallest absolute Gasteiger partial charge is 0.338 e. The fourth-order valence-corrected chi connectivity index (χ4v) is 2.21. The number of rotatable bonds is 6. The van der Waals surface area contributed by atoms with Crippen LogP contribution < -0.4 is 15.4 Å². The monoisotopic (exact) mass is 328 g/mol. The normalized spacial score (nSPS) is 9.96. The lowest BCUT2D eigenvalue weighted by molar-refractivity contribution is -0.114. The molecule has 0 spiro atoms. The summed E-state index contributed by atoms with van der Waals surface area (Å²) in [7, 11) is 2.92. The predicted octanol–water partition coefficient (Wildman–Crippen LogP) is 2.84. The van der Waals surface area contributed by atoms with Crippen LogP contribution in [0.25, 0.3) is 0 Å². The molecule has 1 amide bonds. The summed E-state index contributed by atoms with van der Waals surface area (Å²) in [6.45, 7) is 1.88. The van der Waals surface area contributed by atoms with Crippen molar-refractivity contribution in [1.82, 2.24) is 0 Å². The number of methoxy groups -OCH3 is 2. The van der Waals surface area contributed by atoms with E-state index in [1.165, 1.54) is 7.11 Å². The van der Waals surface area contributed by atoms with Gasteiger partial charge in [-0.2, -0.15) is 0 Å². The third-order valence-electron chi connectivity index (χ3n) is 3.55. The maximum atomic E-state index is 12.0. The van der Waals surface area contributed by atoms with E-state index in [2.05, 4.69) is 10.6 Å². The molecule has 6 nitrogen and oxygen atoms in total. The maximum Gasteiger partial charge on any atom is 0.338 e. The molecule has 0 fully saturated rings. The molecule has 2 rings (SSSR count). The van der Waals surface area contributed by atoms with E-state index in [0.29, 0.717) is 16.9 Å². The van der Waals surface area contributed by atoms with Crippen molar-refractivity contribution in [2.75, 3.05) is 31.4 Å².